The Morgan fingerprint density at radius 3 is 2.48 bits per heavy atom. The highest BCUT2D eigenvalue weighted by molar-refractivity contribution is 5.94. The first-order chi connectivity index (χ1) is 14.7. The Kier molecular flexibility index (Phi) is 6.64. The number of hydrogen-bond acceptors (Lipinski definition) is 6. The van der Waals surface area contributed by atoms with Gasteiger partial charge in [0.1, 0.15) is 11.4 Å². The summed E-state index contributed by atoms with van der Waals surface area (Å²) in [4.78, 5) is 26.7. The predicted molar refractivity (Wildman–Crippen MR) is 108 cm³/mol. The zero-order valence-electron chi connectivity index (χ0n) is 16.7. The molecule has 2 aromatic rings. The number of ether oxygens (including phenoxy) is 1. The van der Waals surface area contributed by atoms with Crippen molar-refractivity contribution in [3.8, 4) is 5.75 Å². The van der Waals surface area contributed by atoms with Crippen molar-refractivity contribution in [1.82, 2.24) is 4.90 Å². The molecular weight excluding hydrogens is 417 g/mol. The van der Waals surface area contributed by atoms with Gasteiger partial charge in [-0.2, -0.15) is 13.2 Å². The van der Waals surface area contributed by atoms with Crippen molar-refractivity contribution in [1.29, 1.82) is 0 Å². The van der Waals surface area contributed by atoms with Crippen molar-refractivity contribution in [2.24, 2.45) is 0 Å². The van der Waals surface area contributed by atoms with E-state index in [-0.39, 0.29) is 17.9 Å². The third kappa shape index (κ3) is 5.63. The second-order valence-electron chi connectivity index (χ2n) is 7.00. The highest BCUT2D eigenvalue weighted by Crippen LogP contribution is 2.32. The first-order valence-electron chi connectivity index (χ1n) is 9.44. The zero-order valence-corrected chi connectivity index (χ0v) is 16.7. The molecule has 0 aromatic heterocycles. The Hall–Kier alpha value is -3.34. The van der Waals surface area contributed by atoms with Gasteiger partial charge in [0.15, 0.2) is 0 Å². The summed E-state index contributed by atoms with van der Waals surface area (Å²) in [6.45, 7) is 1.86. The number of nitrogens with one attached hydrogen (secondary N) is 1. The van der Waals surface area contributed by atoms with Gasteiger partial charge in [-0.25, -0.2) is 0 Å². The van der Waals surface area contributed by atoms with E-state index in [0.29, 0.717) is 37.6 Å². The van der Waals surface area contributed by atoms with Crippen LogP contribution in [0, 0.1) is 10.1 Å². The average Bonchev–Trinajstić information content (AvgIpc) is 2.74. The van der Waals surface area contributed by atoms with Crippen LogP contribution in [0.3, 0.4) is 0 Å². The largest absolute Gasteiger partial charge is 0.496 e. The molecule has 0 saturated carbocycles. The predicted octanol–water partition coefficient (Wildman–Crippen LogP) is 3.38. The summed E-state index contributed by atoms with van der Waals surface area (Å²) in [6.07, 6.45) is -4.40. The van der Waals surface area contributed by atoms with Gasteiger partial charge < -0.3 is 15.0 Å². The molecule has 0 unspecified atom stereocenters. The summed E-state index contributed by atoms with van der Waals surface area (Å²) >= 11 is 0. The molecule has 2 aromatic carbocycles. The van der Waals surface area contributed by atoms with E-state index in [0.717, 1.165) is 12.1 Å². The third-order valence-corrected chi connectivity index (χ3v) is 4.95. The van der Waals surface area contributed by atoms with Gasteiger partial charge in [0.25, 0.3) is 5.69 Å². The van der Waals surface area contributed by atoms with E-state index >= 15 is 0 Å². The summed E-state index contributed by atoms with van der Waals surface area (Å²) in [5.41, 5.74) is -0.429. The number of halogens is 3. The highest BCUT2D eigenvalue weighted by Gasteiger charge is 2.31. The SMILES string of the molecule is COc1ccc(NC(=O)CN2CCN(c3cccc(C(F)(F)F)c3)CC2)c([N+](=O)[O-])c1. The molecule has 1 aliphatic rings. The van der Waals surface area contributed by atoms with E-state index in [1.165, 1.54) is 31.4 Å². The van der Waals surface area contributed by atoms with Gasteiger partial charge >= 0.3 is 6.18 Å². The Labute approximate surface area is 176 Å². The number of carbonyl (C=O) groups excluding carboxylic acids is 1. The smallest absolute Gasteiger partial charge is 0.416 e. The molecule has 0 aliphatic carbocycles. The van der Waals surface area contributed by atoms with Crippen LogP contribution in [-0.4, -0.2) is 55.6 Å². The van der Waals surface area contributed by atoms with Crippen LogP contribution in [0.2, 0.25) is 0 Å². The van der Waals surface area contributed by atoms with Gasteiger partial charge in [0.2, 0.25) is 5.91 Å². The number of amides is 1. The van der Waals surface area contributed by atoms with E-state index in [1.807, 2.05) is 9.80 Å². The number of hydrogen-bond donors (Lipinski definition) is 1. The number of carbonyl (C=O) groups is 1. The van der Waals surface area contributed by atoms with E-state index in [4.69, 9.17) is 4.74 Å². The molecule has 1 N–H and O–H groups in total. The van der Waals surface area contributed by atoms with Crippen LogP contribution in [0.15, 0.2) is 42.5 Å². The molecule has 0 spiro atoms. The fourth-order valence-electron chi connectivity index (χ4n) is 3.33. The maximum atomic E-state index is 12.9. The van der Waals surface area contributed by atoms with Crippen LogP contribution in [-0.2, 0) is 11.0 Å². The highest BCUT2D eigenvalue weighted by atomic mass is 19.4. The summed E-state index contributed by atoms with van der Waals surface area (Å²) in [5, 5.41) is 13.8. The number of nitro benzene ring substituents is 1. The van der Waals surface area contributed by atoms with Crippen LogP contribution in [0.1, 0.15) is 5.56 Å². The average molecular weight is 438 g/mol. The first-order valence-corrected chi connectivity index (χ1v) is 9.44. The minimum atomic E-state index is -4.40. The van der Waals surface area contributed by atoms with Gasteiger partial charge in [0.05, 0.1) is 30.2 Å². The zero-order chi connectivity index (χ0) is 22.6. The molecule has 8 nitrogen and oxygen atoms in total. The van der Waals surface area contributed by atoms with Crippen molar-refractivity contribution >= 4 is 23.0 Å². The number of methoxy groups -OCH3 is 1. The number of nitrogens with zero attached hydrogens (tertiary/aromatic N) is 3. The summed E-state index contributed by atoms with van der Waals surface area (Å²) < 4.78 is 43.7. The molecule has 1 fully saturated rings. The summed E-state index contributed by atoms with van der Waals surface area (Å²) in [6, 6.07) is 9.29. The number of rotatable bonds is 6. The lowest BCUT2D eigenvalue weighted by atomic mass is 10.1. The van der Waals surface area contributed by atoms with Gasteiger partial charge in [-0.3, -0.25) is 19.8 Å². The molecule has 1 aliphatic heterocycles. The van der Waals surface area contributed by atoms with Crippen LogP contribution < -0.4 is 15.0 Å². The molecule has 1 heterocycles. The molecule has 0 radical (unpaired) electrons. The van der Waals surface area contributed by atoms with Gasteiger partial charge in [-0.05, 0) is 30.3 Å². The molecule has 166 valence electrons. The second kappa shape index (κ2) is 9.21. The molecule has 0 bridgehead atoms. The lowest BCUT2D eigenvalue weighted by Crippen LogP contribution is -2.48. The number of alkyl halides is 3. The van der Waals surface area contributed by atoms with Crippen molar-refractivity contribution < 1.29 is 27.6 Å². The Morgan fingerprint density at radius 2 is 1.87 bits per heavy atom. The maximum Gasteiger partial charge on any atom is 0.416 e. The minimum absolute atomic E-state index is 0.0135. The fourth-order valence-corrected chi connectivity index (χ4v) is 3.33. The second-order valence-corrected chi connectivity index (χ2v) is 7.00. The molecule has 3 rings (SSSR count). The number of anilines is 2. The van der Waals surface area contributed by atoms with E-state index in [2.05, 4.69) is 5.32 Å². The minimum Gasteiger partial charge on any atom is -0.496 e. The first kappa shape index (κ1) is 22.3. The molecule has 31 heavy (non-hydrogen) atoms. The van der Waals surface area contributed by atoms with E-state index in [1.54, 1.807) is 6.07 Å². The van der Waals surface area contributed by atoms with E-state index < -0.39 is 22.6 Å². The van der Waals surface area contributed by atoms with Gasteiger partial charge in [-0.1, -0.05) is 6.07 Å². The van der Waals surface area contributed by atoms with E-state index in [9.17, 15) is 28.1 Å². The van der Waals surface area contributed by atoms with Crippen LogP contribution in [0.5, 0.6) is 5.75 Å². The van der Waals surface area contributed by atoms with Crippen LogP contribution in [0.25, 0.3) is 0 Å². The molecule has 1 amide bonds. The standard InChI is InChI=1S/C20H21F3N4O4/c1-31-16-5-6-17(18(12-16)27(29)30)24-19(28)13-25-7-9-26(10-8-25)15-4-2-3-14(11-15)20(21,22)23/h2-6,11-12H,7-10,13H2,1H3,(H,24,28). The van der Waals surface area contributed by atoms with Crippen molar-refractivity contribution in [2.45, 2.75) is 6.18 Å². The lowest BCUT2D eigenvalue weighted by Gasteiger charge is -2.36. The number of nitro groups is 1. The van der Waals surface area contributed by atoms with Crippen LogP contribution >= 0.6 is 0 Å². The van der Waals surface area contributed by atoms with Gasteiger partial charge in [0, 0.05) is 31.9 Å². The van der Waals surface area contributed by atoms with Crippen LogP contribution in [0.4, 0.5) is 30.2 Å². The molecular formula is C20H21F3N4O4. The van der Waals surface area contributed by atoms with Crippen molar-refractivity contribution in [3.63, 3.8) is 0 Å². The number of benzene rings is 2. The molecule has 0 atom stereocenters. The molecule has 1 saturated heterocycles. The summed E-state index contributed by atoms with van der Waals surface area (Å²) in [7, 11) is 1.39. The number of piperazine rings is 1. The Bertz CT molecular complexity index is 960. The normalized spacial score (nSPS) is 14.9. The van der Waals surface area contributed by atoms with Crippen molar-refractivity contribution in [2.75, 3.05) is 50.1 Å². The topological polar surface area (TPSA) is 88.0 Å². The van der Waals surface area contributed by atoms with Crippen molar-refractivity contribution in [3.05, 3.63) is 58.1 Å². The fraction of sp³-hybridized carbons (Fsp3) is 0.350. The summed E-state index contributed by atoms with van der Waals surface area (Å²) in [5.74, 6) is -0.115. The Morgan fingerprint density at radius 1 is 1.16 bits per heavy atom. The lowest BCUT2D eigenvalue weighted by molar-refractivity contribution is -0.384. The monoisotopic (exact) mass is 438 g/mol. The Balaban J connectivity index is 1.57. The molecule has 11 heteroatoms. The van der Waals surface area contributed by atoms with Gasteiger partial charge in [-0.15, -0.1) is 0 Å². The quantitative estimate of drug-likeness (QED) is 0.550. The third-order valence-electron chi connectivity index (χ3n) is 4.95. The maximum absolute atomic E-state index is 12.9.